The minimum atomic E-state index is -0.278. The lowest BCUT2D eigenvalue weighted by Crippen LogP contribution is -2.40. The van der Waals surface area contributed by atoms with Crippen LogP contribution in [0.3, 0.4) is 0 Å². The highest BCUT2D eigenvalue weighted by Gasteiger charge is 2.41. The van der Waals surface area contributed by atoms with Crippen LogP contribution in [-0.4, -0.2) is 31.8 Å². The topological polar surface area (TPSA) is 59.6 Å². The third-order valence-corrected chi connectivity index (χ3v) is 3.57. The van der Waals surface area contributed by atoms with Crippen LogP contribution in [0, 0.1) is 5.82 Å². The van der Waals surface area contributed by atoms with E-state index in [1.54, 1.807) is 19.2 Å². The number of halogens is 2. The number of guanidine groups is 1. The van der Waals surface area contributed by atoms with Gasteiger partial charge in [0.05, 0.1) is 12.6 Å². The molecule has 1 aromatic rings. The number of nitrogens with two attached hydrogens (primary N) is 1. The van der Waals surface area contributed by atoms with Crippen LogP contribution in [0.1, 0.15) is 24.8 Å². The Kier molecular flexibility index (Phi) is 4.83. The van der Waals surface area contributed by atoms with Gasteiger partial charge in [-0.15, -0.1) is 0 Å². The fourth-order valence-electron chi connectivity index (χ4n) is 2.26. The third kappa shape index (κ3) is 3.61. The van der Waals surface area contributed by atoms with Gasteiger partial charge in [0.15, 0.2) is 5.96 Å². The Balaban J connectivity index is 1.98. The van der Waals surface area contributed by atoms with Crippen molar-refractivity contribution in [2.75, 3.05) is 13.7 Å². The van der Waals surface area contributed by atoms with Gasteiger partial charge in [0.1, 0.15) is 5.82 Å². The van der Waals surface area contributed by atoms with Crippen LogP contribution in [-0.2, 0) is 4.74 Å². The molecule has 6 heteroatoms. The van der Waals surface area contributed by atoms with Gasteiger partial charge in [-0.1, -0.05) is 17.7 Å². The minimum Gasteiger partial charge on any atom is -0.383 e. The highest BCUT2D eigenvalue weighted by atomic mass is 35.5. The van der Waals surface area contributed by atoms with Gasteiger partial charge in [0.25, 0.3) is 0 Å². The first-order chi connectivity index (χ1) is 9.52. The maximum absolute atomic E-state index is 13.8. The number of benzene rings is 1. The van der Waals surface area contributed by atoms with Gasteiger partial charge < -0.3 is 15.8 Å². The molecule has 3 atom stereocenters. The second-order valence-electron chi connectivity index (χ2n) is 5.06. The van der Waals surface area contributed by atoms with Crippen molar-refractivity contribution < 1.29 is 9.13 Å². The largest absolute Gasteiger partial charge is 0.383 e. The first kappa shape index (κ1) is 15.1. The molecule has 0 bridgehead atoms. The third-order valence-electron chi connectivity index (χ3n) is 3.24. The molecule has 1 aliphatic carbocycles. The van der Waals surface area contributed by atoms with Crippen LogP contribution >= 0.6 is 11.6 Å². The second-order valence-corrected chi connectivity index (χ2v) is 5.47. The molecule has 0 radical (unpaired) electrons. The molecule has 20 heavy (non-hydrogen) atoms. The van der Waals surface area contributed by atoms with Gasteiger partial charge in [0.2, 0.25) is 0 Å². The van der Waals surface area contributed by atoms with Gasteiger partial charge in [-0.25, -0.2) is 9.38 Å². The predicted octanol–water partition coefficient (Wildman–Crippen LogP) is 2.27. The van der Waals surface area contributed by atoms with Crippen molar-refractivity contribution in [3.05, 3.63) is 34.6 Å². The molecule has 0 heterocycles. The monoisotopic (exact) mass is 299 g/mol. The summed E-state index contributed by atoms with van der Waals surface area (Å²) in [6.45, 7) is 2.49. The zero-order valence-corrected chi connectivity index (χ0v) is 12.3. The van der Waals surface area contributed by atoms with E-state index >= 15 is 0 Å². The molecule has 0 spiro atoms. The number of ether oxygens (including phenoxy) is 1. The van der Waals surface area contributed by atoms with E-state index in [1.165, 1.54) is 6.07 Å². The number of nitrogens with zero attached hydrogens (tertiary/aromatic N) is 1. The van der Waals surface area contributed by atoms with E-state index in [0.29, 0.717) is 23.2 Å². The Morgan fingerprint density at radius 2 is 2.40 bits per heavy atom. The number of methoxy groups -OCH3 is 1. The number of nitrogens with one attached hydrogen (secondary N) is 1. The summed E-state index contributed by atoms with van der Waals surface area (Å²) in [6, 6.07) is 4.79. The van der Waals surface area contributed by atoms with E-state index in [1.807, 2.05) is 6.92 Å². The summed E-state index contributed by atoms with van der Waals surface area (Å²) < 4.78 is 18.8. The second kappa shape index (κ2) is 6.41. The molecule has 0 saturated heterocycles. The van der Waals surface area contributed by atoms with Gasteiger partial charge in [-0.3, -0.25) is 0 Å². The quantitative estimate of drug-likeness (QED) is 0.648. The van der Waals surface area contributed by atoms with E-state index in [0.717, 1.165) is 6.42 Å². The average Bonchev–Trinajstić information content (AvgIpc) is 3.07. The van der Waals surface area contributed by atoms with Gasteiger partial charge in [-0.2, -0.15) is 0 Å². The predicted molar refractivity (Wildman–Crippen MR) is 78.7 cm³/mol. The maximum atomic E-state index is 13.8. The molecule has 2 rings (SSSR count). The average molecular weight is 300 g/mol. The van der Waals surface area contributed by atoms with Crippen LogP contribution in [0.15, 0.2) is 23.2 Å². The lowest BCUT2D eigenvalue weighted by Gasteiger charge is -2.13. The van der Waals surface area contributed by atoms with E-state index < -0.39 is 0 Å². The number of aliphatic imine (C=N–C) groups is 1. The van der Waals surface area contributed by atoms with Crippen LogP contribution in [0.4, 0.5) is 4.39 Å². The summed E-state index contributed by atoms with van der Waals surface area (Å²) in [5.74, 6) is 0.0933. The molecule has 0 aromatic heterocycles. The fourth-order valence-corrected chi connectivity index (χ4v) is 2.56. The van der Waals surface area contributed by atoms with Crippen molar-refractivity contribution in [3.8, 4) is 0 Å². The zero-order valence-electron chi connectivity index (χ0n) is 11.6. The first-order valence-electron chi connectivity index (χ1n) is 6.55. The lowest BCUT2D eigenvalue weighted by atomic mass is 10.1. The minimum absolute atomic E-state index is 0.00774. The summed E-state index contributed by atoms with van der Waals surface area (Å²) in [7, 11) is 1.63. The van der Waals surface area contributed by atoms with Gasteiger partial charge in [0, 0.05) is 29.7 Å². The first-order valence-corrected chi connectivity index (χ1v) is 6.93. The van der Waals surface area contributed by atoms with Crippen LogP contribution in [0.2, 0.25) is 5.02 Å². The molecule has 1 saturated carbocycles. The molecule has 3 N–H and O–H groups in total. The maximum Gasteiger partial charge on any atom is 0.189 e. The Labute approximate surface area is 123 Å². The SMILES string of the molecule is COCC(C)NC(N)=NC1CC1c1c(F)cccc1Cl. The molecule has 3 unspecified atom stereocenters. The molecule has 1 fully saturated rings. The summed E-state index contributed by atoms with van der Waals surface area (Å²) >= 11 is 6.04. The molecular formula is C14H19ClFN3O. The van der Waals surface area contributed by atoms with E-state index in [9.17, 15) is 4.39 Å². The van der Waals surface area contributed by atoms with Crippen molar-refractivity contribution in [2.45, 2.75) is 31.3 Å². The Bertz CT molecular complexity index is 489. The Morgan fingerprint density at radius 3 is 3.05 bits per heavy atom. The van der Waals surface area contributed by atoms with E-state index in [-0.39, 0.29) is 23.8 Å². The lowest BCUT2D eigenvalue weighted by molar-refractivity contribution is 0.179. The molecule has 0 aliphatic heterocycles. The van der Waals surface area contributed by atoms with Crippen LogP contribution < -0.4 is 11.1 Å². The van der Waals surface area contributed by atoms with Crippen molar-refractivity contribution >= 4 is 17.6 Å². The summed E-state index contributed by atoms with van der Waals surface area (Å²) in [5.41, 5.74) is 6.36. The van der Waals surface area contributed by atoms with E-state index in [4.69, 9.17) is 22.1 Å². The number of hydrogen-bond donors (Lipinski definition) is 2. The van der Waals surface area contributed by atoms with Crippen molar-refractivity contribution in [1.29, 1.82) is 0 Å². The summed E-state index contributed by atoms with van der Waals surface area (Å²) in [4.78, 5) is 4.35. The fraction of sp³-hybridized carbons (Fsp3) is 0.500. The standard InChI is InChI=1S/C14H19ClFN3O/c1-8(7-20-2)18-14(17)19-12-6-9(12)13-10(15)4-3-5-11(13)16/h3-5,8-9,12H,6-7H2,1-2H3,(H3,17,18,19). The zero-order chi connectivity index (χ0) is 14.7. The van der Waals surface area contributed by atoms with Crippen LogP contribution in [0.25, 0.3) is 0 Å². The smallest absolute Gasteiger partial charge is 0.189 e. The molecule has 0 amide bonds. The van der Waals surface area contributed by atoms with Crippen molar-refractivity contribution in [2.24, 2.45) is 10.7 Å². The molecule has 4 nitrogen and oxygen atoms in total. The highest BCUT2D eigenvalue weighted by Crippen LogP contribution is 2.46. The summed E-state index contributed by atoms with van der Waals surface area (Å²) in [6.07, 6.45) is 0.766. The normalized spacial score (nSPS) is 23.5. The molecular weight excluding hydrogens is 281 g/mol. The van der Waals surface area contributed by atoms with Gasteiger partial charge in [-0.05, 0) is 25.5 Å². The van der Waals surface area contributed by atoms with E-state index in [2.05, 4.69) is 10.3 Å². The Hall–Kier alpha value is -1.33. The van der Waals surface area contributed by atoms with Gasteiger partial charge >= 0.3 is 0 Å². The number of hydrogen-bond acceptors (Lipinski definition) is 2. The Morgan fingerprint density at radius 1 is 1.65 bits per heavy atom. The van der Waals surface area contributed by atoms with Crippen LogP contribution in [0.5, 0.6) is 0 Å². The van der Waals surface area contributed by atoms with Crippen molar-refractivity contribution in [1.82, 2.24) is 5.32 Å². The number of rotatable bonds is 5. The molecule has 110 valence electrons. The molecule has 1 aliphatic rings. The van der Waals surface area contributed by atoms with Crippen molar-refractivity contribution in [3.63, 3.8) is 0 Å². The summed E-state index contributed by atoms with van der Waals surface area (Å²) in [5, 5.41) is 3.48. The highest BCUT2D eigenvalue weighted by molar-refractivity contribution is 6.31. The molecule has 1 aromatic carbocycles.